The van der Waals surface area contributed by atoms with E-state index >= 15 is 0 Å². The number of likely N-dealkylation sites (N-methyl/N-ethyl adjacent to an activating group) is 1. The predicted octanol–water partition coefficient (Wildman–Crippen LogP) is 0.507. The van der Waals surface area contributed by atoms with Crippen molar-refractivity contribution in [2.45, 2.75) is 24.8 Å². The van der Waals surface area contributed by atoms with E-state index in [1.165, 1.54) is 14.1 Å². The molecule has 1 saturated heterocycles. The van der Waals surface area contributed by atoms with Gasteiger partial charge in [-0.15, -0.1) is 5.06 Å². The summed E-state index contributed by atoms with van der Waals surface area (Å²) in [6.07, 6.45) is -7.00. The van der Waals surface area contributed by atoms with Gasteiger partial charge in [-0.1, -0.05) is 0 Å². The monoisotopic (exact) mass is 272 g/mol. The fourth-order valence-electron chi connectivity index (χ4n) is 1.54. The van der Waals surface area contributed by atoms with Crippen molar-refractivity contribution in [3.63, 3.8) is 0 Å². The Morgan fingerprint density at radius 3 is 2.33 bits per heavy atom. The van der Waals surface area contributed by atoms with Crippen molar-refractivity contribution in [1.29, 1.82) is 0 Å². The Balaban J connectivity index is 2.74. The second-order valence-electron chi connectivity index (χ2n) is 4.06. The minimum absolute atomic E-state index is 0.303. The molecule has 0 aromatic rings. The molecule has 0 saturated carbocycles. The number of rotatable bonds is 2. The first-order valence-electron chi connectivity index (χ1n) is 5.04. The van der Waals surface area contributed by atoms with Gasteiger partial charge >= 0.3 is 12.1 Å². The van der Waals surface area contributed by atoms with E-state index in [1.807, 2.05) is 0 Å². The van der Waals surface area contributed by atoms with Crippen LogP contribution in [-0.4, -0.2) is 60.9 Å². The fourth-order valence-corrected chi connectivity index (χ4v) is 1.54. The molecule has 18 heavy (non-hydrogen) atoms. The molecular weight excluding hydrogens is 260 g/mol. The summed E-state index contributed by atoms with van der Waals surface area (Å²) in [5, 5.41) is 0.447. The van der Waals surface area contributed by atoms with Crippen LogP contribution in [0.1, 0.15) is 6.42 Å². The molecule has 5 nitrogen and oxygen atoms in total. The van der Waals surface area contributed by atoms with Crippen LogP contribution in [-0.2, 0) is 14.4 Å². The summed E-state index contributed by atoms with van der Waals surface area (Å²) in [5.41, 5.74) is 0. The van der Waals surface area contributed by atoms with Crippen LogP contribution in [0.15, 0.2) is 0 Å². The van der Waals surface area contributed by atoms with E-state index in [9.17, 15) is 27.2 Å². The van der Waals surface area contributed by atoms with Gasteiger partial charge in [0.1, 0.15) is 12.2 Å². The Labute approximate surface area is 100 Å². The second-order valence-corrected chi connectivity index (χ2v) is 4.06. The molecule has 1 aliphatic rings. The van der Waals surface area contributed by atoms with Crippen molar-refractivity contribution < 1.29 is 32.0 Å². The highest BCUT2D eigenvalue weighted by Crippen LogP contribution is 2.25. The predicted molar refractivity (Wildman–Crippen MR) is 50.8 cm³/mol. The normalized spacial score (nSPS) is 25.0. The van der Waals surface area contributed by atoms with Gasteiger partial charge in [0, 0.05) is 20.5 Å². The Morgan fingerprint density at radius 1 is 1.33 bits per heavy atom. The van der Waals surface area contributed by atoms with Crippen LogP contribution in [0, 0.1) is 0 Å². The van der Waals surface area contributed by atoms with Gasteiger partial charge < -0.3 is 9.74 Å². The second kappa shape index (κ2) is 5.09. The van der Waals surface area contributed by atoms with Gasteiger partial charge in [-0.05, 0) is 0 Å². The number of hydrogen-bond acceptors (Lipinski definition) is 4. The molecule has 1 aliphatic heterocycles. The lowest BCUT2D eigenvalue weighted by Gasteiger charge is -2.24. The molecule has 0 unspecified atom stereocenters. The SMILES string of the molecule is CN(C)C(=O)[C@H]1C[C@H](F)CN1OC(=O)C(F)(F)F. The smallest absolute Gasteiger partial charge is 0.360 e. The molecule has 1 fully saturated rings. The average molecular weight is 272 g/mol. The van der Waals surface area contributed by atoms with Crippen LogP contribution in [0.25, 0.3) is 0 Å². The fraction of sp³-hybridized carbons (Fsp3) is 0.778. The van der Waals surface area contributed by atoms with E-state index in [0.717, 1.165) is 4.90 Å². The first-order valence-corrected chi connectivity index (χ1v) is 5.04. The third-order valence-electron chi connectivity index (χ3n) is 2.36. The van der Waals surface area contributed by atoms with Crippen LogP contribution in [0.4, 0.5) is 17.6 Å². The standard InChI is InChI=1S/C9H12F4N2O3/c1-14(2)7(16)6-3-5(10)4-15(6)18-8(17)9(11,12)13/h5-6H,3-4H2,1-2H3/t5-,6+/m0/s1. The minimum atomic E-state index is -5.18. The van der Waals surface area contributed by atoms with E-state index < -0.39 is 36.8 Å². The molecule has 1 amide bonds. The molecular formula is C9H12F4N2O3. The van der Waals surface area contributed by atoms with Crippen LogP contribution < -0.4 is 0 Å². The van der Waals surface area contributed by atoms with Crippen molar-refractivity contribution in [2.75, 3.05) is 20.6 Å². The van der Waals surface area contributed by atoms with E-state index in [4.69, 9.17) is 0 Å². The largest absolute Gasteiger partial charge is 0.492 e. The summed E-state index contributed by atoms with van der Waals surface area (Å²) in [6.45, 7) is -0.550. The lowest BCUT2D eigenvalue weighted by atomic mass is 10.2. The maximum atomic E-state index is 13.1. The lowest BCUT2D eigenvalue weighted by molar-refractivity contribution is -0.241. The Hall–Kier alpha value is -1.38. The van der Waals surface area contributed by atoms with Crippen molar-refractivity contribution in [2.24, 2.45) is 0 Å². The zero-order chi connectivity index (χ0) is 14.1. The van der Waals surface area contributed by atoms with Crippen molar-refractivity contribution in [3.8, 4) is 0 Å². The number of halogens is 4. The quantitative estimate of drug-likeness (QED) is 0.687. The summed E-state index contributed by atoms with van der Waals surface area (Å²) in [7, 11) is 2.75. The number of nitrogens with zero attached hydrogens (tertiary/aromatic N) is 2. The third kappa shape index (κ3) is 3.31. The molecule has 0 N–H and O–H groups in total. The summed E-state index contributed by atoms with van der Waals surface area (Å²) in [4.78, 5) is 27.3. The molecule has 104 valence electrons. The van der Waals surface area contributed by atoms with Crippen molar-refractivity contribution in [3.05, 3.63) is 0 Å². The molecule has 0 aromatic heterocycles. The number of amides is 1. The third-order valence-corrected chi connectivity index (χ3v) is 2.36. The lowest BCUT2D eigenvalue weighted by Crippen LogP contribution is -2.45. The molecule has 0 aromatic carbocycles. The van der Waals surface area contributed by atoms with E-state index in [1.54, 1.807) is 0 Å². The number of carbonyl (C=O) groups is 2. The molecule has 0 spiro atoms. The molecule has 9 heteroatoms. The zero-order valence-electron chi connectivity index (χ0n) is 9.70. The molecule has 1 heterocycles. The molecule has 0 radical (unpaired) electrons. The first-order chi connectivity index (χ1) is 8.12. The Bertz CT molecular complexity index is 345. The van der Waals surface area contributed by atoms with Crippen molar-refractivity contribution >= 4 is 11.9 Å². The number of hydroxylamine groups is 2. The van der Waals surface area contributed by atoms with Gasteiger partial charge in [0.15, 0.2) is 0 Å². The van der Waals surface area contributed by atoms with Crippen LogP contribution in [0.5, 0.6) is 0 Å². The highest BCUT2D eigenvalue weighted by molar-refractivity contribution is 5.82. The van der Waals surface area contributed by atoms with Gasteiger partial charge in [-0.2, -0.15) is 13.2 Å². The highest BCUT2D eigenvalue weighted by atomic mass is 19.4. The van der Waals surface area contributed by atoms with Crippen LogP contribution in [0.3, 0.4) is 0 Å². The zero-order valence-corrected chi connectivity index (χ0v) is 9.70. The topological polar surface area (TPSA) is 49.9 Å². The summed E-state index contributed by atoms with van der Waals surface area (Å²) in [5.74, 6) is -3.08. The molecule has 1 rings (SSSR count). The maximum absolute atomic E-state index is 13.1. The molecule has 0 bridgehead atoms. The summed E-state index contributed by atoms with van der Waals surface area (Å²) >= 11 is 0. The van der Waals surface area contributed by atoms with Gasteiger partial charge in [0.05, 0.1) is 6.54 Å². The van der Waals surface area contributed by atoms with E-state index in [0.29, 0.717) is 5.06 Å². The van der Waals surface area contributed by atoms with Gasteiger partial charge in [0.25, 0.3) is 0 Å². The maximum Gasteiger partial charge on any atom is 0.492 e. The molecule has 0 aliphatic carbocycles. The van der Waals surface area contributed by atoms with Crippen LogP contribution >= 0.6 is 0 Å². The van der Waals surface area contributed by atoms with Gasteiger partial charge in [-0.25, -0.2) is 9.18 Å². The summed E-state index contributed by atoms with van der Waals surface area (Å²) in [6, 6.07) is -1.22. The number of carbonyl (C=O) groups excluding carboxylic acids is 2. The van der Waals surface area contributed by atoms with E-state index in [2.05, 4.69) is 4.84 Å². The average Bonchev–Trinajstić information content (AvgIpc) is 2.56. The van der Waals surface area contributed by atoms with E-state index in [-0.39, 0.29) is 6.42 Å². The minimum Gasteiger partial charge on any atom is -0.360 e. The van der Waals surface area contributed by atoms with Crippen molar-refractivity contribution in [1.82, 2.24) is 9.96 Å². The summed E-state index contributed by atoms with van der Waals surface area (Å²) < 4.78 is 49.1. The van der Waals surface area contributed by atoms with Gasteiger partial charge in [-0.3, -0.25) is 4.79 Å². The first kappa shape index (κ1) is 14.7. The van der Waals surface area contributed by atoms with Gasteiger partial charge in [0.2, 0.25) is 5.91 Å². The number of hydrogen-bond donors (Lipinski definition) is 0. The number of alkyl halides is 4. The highest BCUT2D eigenvalue weighted by Gasteiger charge is 2.47. The molecule has 2 atom stereocenters. The Kier molecular flexibility index (Phi) is 4.15. The van der Waals surface area contributed by atoms with Crippen LogP contribution in [0.2, 0.25) is 0 Å². The Morgan fingerprint density at radius 2 is 1.89 bits per heavy atom.